The number of hydrogen-bond donors (Lipinski definition) is 3. The number of halogens is 3. The molecule has 1 unspecified atom stereocenters. The molecule has 172 valence electrons. The highest BCUT2D eigenvalue weighted by Gasteiger charge is 2.30. The number of benzene rings is 2. The van der Waals surface area contributed by atoms with E-state index in [-0.39, 0.29) is 16.1 Å². The van der Waals surface area contributed by atoms with Gasteiger partial charge in [-0.15, -0.1) is 0 Å². The van der Waals surface area contributed by atoms with Crippen molar-refractivity contribution in [3.8, 4) is 0 Å². The normalized spacial score (nSPS) is 12.4. The molecule has 0 radical (unpaired) electrons. The number of amides is 3. The molecule has 0 saturated heterocycles. The summed E-state index contributed by atoms with van der Waals surface area (Å²) < 4.78 is 70.2. The number of anilines is 1. The molecule has 0 spiro atoms. The molecule has 3 N–H and O–H groups in total. The van der Waals surface area contributed by atoms with Crippen molar-refractivity contribution in [3.63, 3.8) is 0 Å². The minimum atomic E-state index is -4.64. The lowest BCUT2D eigenvalue weighted by atomic mass is 10.2. The second-order valence-electron chi connectivity index (χ2n) is 6.32. The molecule has 3 amide bonds. The number of carbonyl (C=O) groups excluding carboxylic acids is 3. The highest BCUT2D eigenvalue weighted by Crippen LogP contribution is 2.31. The summed E-state index contributed by atoms with van der Waals surface area (Å²) in [7, 11) is -2.96. The van der Waals surface area contributed by atoms with Crippen LogP contribution in [-0.4, -0.2) is 39.5 Å². The molecule has 0 saturated carbocycles. The SMILES string of the molecule is CNC(=O)NC(=O)C(C)OC(=O)c1ccc(S(=O)(=O)Nc2cccc(C(F)(F)F)c2)cc1. The minimum absolute atomic E-state index is 0.0948. The maximum Gasteiger partial charge on any atom is 0.416 e. The van der Waals surface area contributed by atoms with Gasteiger partial charge in [0.1, 0.15) is 0 Å². The van der Waals surface area contributed by atoms with Crippen molar-refractivity contribution in [1.29, 1.82) is 0 Å². The van der Waals surface area contributed by atoms with Gasteiger partial charge in [0.15, 0.2) is 6.10 Å². The van der Waals surface area contributed by atoms with E-state index in [9.17, 15) is 36.0 Å². The Kier molecular flexibility index (Phi) is 7.46. The van der Waals surface area contributed by atoms with Crippen molar-refractivity contribution in [2.24, 2.45) is 0 Å². The Morgan fingerprint density at radius 2 is 1.66 bits per heavy atom. The molecule has 0 heterocycles. The molecule has 0 bridgehead atoms. The first-order valence-corrected chi connectivity index (χ1v) is 10.4. The zero-order chi connectivity index (χ0) is 24.1. The second kappa shape index (κ2) is 9.68. The average Bonchev–Trinajstić information content (AvgIpc) is 2.72. The first kappa shape index (κ1) is 24.7. The van der Waals surface area contributed by atoms with Crippen LogP contribution in [0.2, 0.25) is 0 Å². The fourth-order valence-electron chi connectivity index (χ4n) is 2.30. The number of sulfonamides is 1. The van der Waals surface area contributed by atoms with Gasteiger partial charge >= 0.3 is 18.2 Å². The van der Waals surface area contributed by atoms with Crippen LogP contribution in [0.25, 0.3) is 0 Å². The molecule has 0 aliphatic heterocycles. The van der Waals surface area contributed by atoms with Crippen molar-refractivity contribution < 1.29 is 40.7 Å². The first-order valence-electron chi connectivity index (χ1n) is 8.87. The topological polar surface area (TPSA) is 131 Å². The van der Waals surface area contributed by atoms with E-state index in [0.29, 0.717) is 6.07 Å². The lowest BCUT2D eigenvalue weighted by Crippen LogP contribution is -2.43. The number of ether oxygens (including phenoxy) is 1. The van der Waals surface area contributed by atoms with E-state index in [0.717, 1.165) is 42.5 Å². The maximum absolute atomic E-state index is 12.8. The molecule has 0 aliphatic carbocycles. The monoisotopic (exact) mass is 473 g/mol. The van der Waals surface area contributed by atoms with E-state index in [1.165, 1.54) is 14.0 Å². The van der Waals surface area contributed by atoms with E-state index in [1.807, 2.05) is 10.0 Å². The van der Waals surface area contributed by atoms with Gasteiger partial charge in [0.25, 0.3) is 15.9 Å². The third-order valence-corrected chi connectivity index (χ3v) is 5.36. The third-order valence-electron chi connectivity index (χ3n) is 3.96. The Bertz CT molecular complexity index is 1120. The number of alkyl halides is 3. The molecule has 13 heteroatoms. The molecule has 1 atom stereocenters. The van der Waals surface area contributed by atoms with Crippen LogP contribution in [0.1, 0.15) is 22.8 Å². The maximum atomic E-state index is 12.8. The highest BCUT2D eigenvalue weighted by molar-refractivity contribution is 7.92. The summed E-state index contributed by atoms with van der Waals surface area (Å²) in [6.45, 7) is 1.23. The molecule has 0 aliphatic rings. The van der Waals surface area contributed by atoms with E-state index in [2.05, 4.69) is 5.32 Å². The zero-order valence-electron chi connectivity index (χ0n) is 16.7. The largest absolute Gasteiger partial charge is 0.449 e. The van der Waals surface area contributed by atoms with Crippen molar-refractivity contribution in [1.82, 2.24) is 10.6 Å². The predicted octanol–water partition coefficient (Wildman–Crippen LogP) is 2.51. The van der Waals surface area contributed by atoms with Gasteiger partial charge in [-0.25, -0.2) is 18.0 Å². The Balaban J connectivity index is 2.10. The minimum Gasteiger partial charge on any atom is -0.449 e. The van der Waals surface area contributed by atoms with Crippen molar-refractivity contribution >= 4 is 33.6 Å². The summed E-state index contributed by atoms with van der Waals surface area (Å²) in [5.74, 6) is -1.83. The van der Waals surface area contributed by atoms with Gasteiger partial charge in [0, 0.05) is 12.7 Å². The van der Waals surface area contributed by atoms with Crippen LogP contribution in [0.15, 0.2) is 53.4 Å². The van der Waals surface area contributed by atoms with E-state index >= 15 is 0 Å². The molecule has 9 nitrogen and oxygen atoms in total. The van der Waals surface area contributed by atoms with Crippen LogP contribution >= 0.6 is 0 Å². The third kappa shape index (κ3) is 6.44. The average molecular weight is 473 g/mol. The quantitative estimate of drug-likeness (QED) is 0.553. The predicted molar refractivity (Wildman–Crippen MR) is 106 cm³/mol. The van der Waals surface area contributed by atoms with Gasteiger partial charge in [0.2, 0.25) is 0 Å². The van der Waals surface area contributed by atoms with Gasteiger partial charge in [-0.1, -0.05) is 6.07 Å². The van der Waals surface area contributed by atoms with Gasteiger partial charge < -0.3 is 10.1 Å². The first-order chi connectivity index (χ1) is 14.8. The summed E-state index contributed by atoms with van der Waals surface area (Å²) in [5, 5.41) is 4.08. The molecule has 0 aromatic heterocycles. The second-order valence-corrected chi connectivity index (χ2v) is 8.01. The number of hydrogen-bond acceptors (Lipinski definition) is 6. The van der Waals surface area contributed by atoms with E-state index in [4.69, 9.17) is 4.74 Å². The molecule has 2 aromatic rings. The van der Waals surface area contributed by atoms with Crippen molar-refractivity contribution in [3.05, 3.63) is 59.7 Å². The standard InChI is InChI=1S/C19H18F3N3O6S/c1-11(16(26)24-18(28)23-2)31-17(27)12-6-8-15(9-7-12)32(29,30)25-14-5-3-4-13(10-14)19(20,21)22/h3-11,25H,1-2H3,(H2,23,24,26,28). The van der Waals surface area contributed by atoms with Crippen molar-refractivity contribution in [2.75, 3.05) is 11.8 Å². The van der Waals surface area contributed by atoms with E-state index in [1.54, 1.807) is 0 Å². The molecule has 0 fully saturated rings. The lowest BCUT2D eigenvalue weighted by molar-refractivity contribution is -0.137. The number of urea groups is 1. The van der Waals surface area contributed by atoms with Gasteiger partial charge in [-0.3, -0.25) is 14.8 Å². The van der Waals surface area contributed by atoms with Crippen LogP contribution in [0.5, 0.6) is 0 Å². The fourth-order valence-corrected chi connectivity index (χ4v) is 3.35. The highest BCUT2D eigenvalue weighted by atomic mass is 32.2. The summed E-state index contributed by atoms with van der Waals surface area (Å²) in [4.78, 5) is 34.6. The van der Waals surface area contributed by atoms with Crippen LogP contribution in [0, 0.1) is 0 Å². The van der Waals surface area contributed by atoms with Crippen LogP contribution < -0.4 is 15.4 Å². The lowest BCUT2D eigenvalue weighted by Gasteiger charge is -2.13. The number of carbonyl (C=O) groups is 3. The molecular formula is C19H18F3N3O6S. The fraction of sp³-hybridized carbons (Fsp3) is 0.211. The Morgan fingerprint density at radius 3 is 2.22 bits per heavy atom. The Labute approximate surface area is 181 Å². The zero-order valence-corrected chi connectivity index (χ0v) is 17.5. The molecule has 32 heavy (non-hydrogen) atoms. The Morgan fingerprint density at radius 1 is 1.03 bits per heavy atom. The summed E-state index contributed by atoms with van der Waals surface area (Å²) in [6, 6.07) is 7.16. The molecule has 2 aromatic carbocycles. The van der Waals surface area contributed by atoms with Gasteiger partial charge in [-0.05, 0) is 49.4 Å². The summed E-state index contributed by atoms with van der Waals surface area (Å²) >= 11 is 0. The number of esters is 1. The van der Waals surface area contributed by atoms with Gasteiger partial charge in [-0.2, -0.15) is 13.2 Å². The molecule has 2 rings (SSSR count). The van der Waals surface area contributed by atoms with Crippen LogP contribution in [0.4, 0.5) is 23.7 Å². The van der Waals surface area contributed by atoms with Gasteiger partial charge in [0.05, 0.1) is 16.0 Å². The summed E-state index contributed by atoms with van der Waals surface area (Å²) in [5.41, 5.74) is -1.41. The van der Waals surface area contributed by atoms with Crippen LogP contribution in [-0.2, 0) is 25.7 Å². The number of nitrogens with one attached hydrogen (secondary N) is 3. The Hall–Kier alpha value is -3.61. The number of rotatable bonds is 6. The smallest absolute Gasteiger partial charge is 0.416 e. The van der Waals surface area contributed by atoms with Crippen LogP contribution in [0.3, 0.4) is 0 Å². The van der Waals surface area contributed by atoms with E-state index < -0.39 is 45.8 Å². The van der Waals surface area contributed by atoms with Crippen molar-refractivity contribution in [2.45, 2.75) is 24.1 Å². The summed E-state index contributed by atoms with van der Waals surface area (Å²) in [6.07, 6.45) is -5.96. The molecular weight excluding hydrogens is 455 g/mol. The number of imide groups is 1.